The zero-order valence-corrected chi connectivity index (χ0v) is 68.4. The molecular weight excluding hydrogens is 1260 g/mol. The maximum Gasteiger partial charge on any atom is 0.0737 e. The summed E-state index contributed by atoms with van der Waals surface area (Å²) in [6.45, 7) is 18.8. The molecule has 0 spiro atoms. The Bertz CT molecular complexity index is 3310. The van der Waals surface area contributed by atoms with Gasteiger partial charge in [0.05, 0.1) is 22.8 Å². The lowest BCUT2D eigenvalue weighted by atomic mass is 9.90. The maximum absolute atomic E-state index is 6.02. The highest BCUT2D eigenvalue weighted by Gasteiger charge is 2.25. The summed E-state index contributed by atoms with van der Waals surface area (Å²) in [5.74, 6) is 0. The van der Waals surface area contributed by atoms with Crippen LogP contribution in [-0.4, -0.2) is 19.9 Å². The van der Waals surface area contributed by atoms with Crippen molar-refractivity contribution in [1.29, 1.82) is 0 Å². The molecule has 4 aromatic carbocycles. The van der Waals surface area contributed by atoms with E-state index in [1.807, 2.05) is 0 Å². The lowest BCUT2D eigenvalue weighted by molar-refractivity contribution is 0.599. The van der Waals surface area contributed by atoms with Crippen molar-refractivity contribution >= 4 is 43.6 Å². The Hall–Kier alpha value is -5.48. The molecule has 0 amide bonds. The van der Waals surface area contributed by atoms with Crippen LogP contribution in [0.25, 0.3) is 88.6 Å². The molecule has 0 atom stereocenters. The van der Waals surface area contributed by atoms with E-state index in [4.69, 9.17) is 9.97 Å². The van der Waals surface area contributed by atoms with Crippen molar-refractivity contribution in [3.63, 3.8) is 0 Å². The highest BCUT2D eigenvalue weighted by atomic mass is 14.8. The summed E-state index contributed by atoms with van der Waals surface area (Å²) in [4.78, 5) is 20.6. The van der Waals surface area contributed by atoms with Crippen LogP contribution in [0.4, 0.5) is 0 Å². The van der Waals surface area contributed by atoms with Gasteiger partial charge >= 0.3 is 0 Å². The number of nitrogens with zero attached hydrogens (tertiary/aromatic N) is 2. The number of aromatic nitrogens is 4. The Morgan fingerprint density at radius 3 is 0.481 bits per heavy atom. The summed E-state index contributed by atoms with van der Waals surface area (Å²) in [5, 5.41) is 5.35. The van der Waals surface area contributed by atoms with E-state index in [-0.39, 0.29) is 0 Å². The second-order valence-corrected chi connectivity index (χ2v) is 33.1. The molecule has 0 radical (unpaired) electrons. The summed E-state index contributed by atoms with van der Waals surface area (Å²) in [5.41, 5.74) is 26.9. The lowest BCUT2D eigenvalue weighted by Gasteiger charge is -2.14. The molecular formula is C100H150N4. The molecule has 5 heterocycles. The van der Waals surface area contributed by atoms with Crippen molar-refractivity contribution in [2.45, 2.75) is 415 Å². The van der Waals surface area contributed by atoms with Crippen molar-refractivity contribution < 1.29 is 0 Å². The number of fused-ring (bicyclic) bond motifs is 20. The average Bonchev–Trinajstić information content (AvgIpc) is 1.59. The predicted octanol–water partition coefficient (Wildman–Crippen LogP) is 32.5. The van der Waals surface area contributed by atoms with E-state index in [1.54, 1.807) is 44.5 Å². The zero-order valence-electron chi connectivity index (χ0n) is 68.4. The largest absolute Gasteiger partial charge is 0.354 e. The normalized spacial score (nSPS) is 12.1. The molecule has 0 unspecified atom stereocenters. The molecule has 2 N–H and O–H groups in total. The highest BCUT2D eigenvalue weighted by molar-refractivity contribution is 6.11. The first-order valence-corrected chi connectivity index (χ1v) is 45.3. The molecule has 104 heavy (non-hydrogen) atoms. The number of nitrogens with one attached hydrogen (secondary N) is 2. The Kier molecular flexibility index (Phi) is 37.6. The van der Waals surface area contributed by atoms with Crippen LogP contribution < -0.4 is 0 Å². The Labute approximate surface area is 637 Å². The van der Waals surface area contributed by atoms with Crippen LogP contribution in [0, 0.1) is 0 Å². The highest BCUT2D eigenvalue weighted by Crippen LogP contribution is 2.45. The first-order valence-electron chi connectivity index (χ1n) is 45.3. The molecule has 9 rings (SSSR count). The quantitative estimate of drug-likeness (QED) is 0.0373. The van der Waals surface area contributed by atoms with Crippen LogP contribution in [-0.2, 0) is 51.4 Å². The molecule has 4 nitrogen and oxygen atoms in total. The van der Waals surface area contributed by atoms with Crippen LogP contribution in [0.3, 0.4) is 0 Å². The van der Waals surface area contributed by atoms with E-state index >= 15 is 0 Å². The number of aryl methyl sites for hydroxylation is 8. The third-order valence-corrected chi connectivity index (χ3v) is 24.2. The molecule has 4 heteroatoms. The van der Waals surface area contributed by atoms with Gasteiger partial charge < -0.3 is 9.97 Å². The fourth-order valence-corrected chi connectivity index (χ4v) is 17.6. The standard InChI is InChI=1S/C100H150N4/c1-9-17-25-33-41-49-57-77-65-85-86(66-78(77)58-50-42-34-26-18-10-2)94-74-96-89-69-81(61-53-45-37-29-21-13-5)82(62-54-46-38-30-22-14-6)70-90(89)98(103-96)76-100-92-72-84(64-56-48-40-32-24-16-8)83(63-55-47-39-31-23-15-7)71-91(92)99(104-100)75-97-88-68-80(60-52-44-36-28-20-12-4)79(59-51-43-35-27-19-11-3)67-87(88)95(102-97)73-93(85)101-94/h65-76,101,104H,9-64H2,1-8H3. The van der Waals surface area contributed by atoms with E-state index < -0.39 is 0 Å². The van der Waals surface area contributed by atoms with E-state index in [1.165, 1.54) is 374 Å². The van der Waals surface area contributed by atoms with Gasteiger partial charge in [0.15, 0.2) is 0 Å². The number of unbranched alkanes of at least 4 members (excludes halogenated alkanes) is 40. The smallest absolute Gasteiger partial charge is 0.0737 e. The van der Waals surface area contributed by atoms with Gasteiger partial charge in [-0.15, -0.1) is 0 Å². The summed E-state index contributed by atoms with van der Waals surface area (Å²) in [7, 11) is 0. The Balaban J connectivity index is 1.34. The van der Waals surface area contributed by atoms with E-state index in [9.17, 15) is 0 Å². The van der Waals surface area contributed by atoms with Gasteiger partial charge in [-0.25, -0.2) is 9.97 Å². The zero-order chi connectivity index (χ0) is 72.8. The van der Waals surface area contributed by atoms with Crippen molar-refractivity contribution in [1.82, 2.24) is 19.9 Å². The molecule has 3 aromatic heterocycles. The monoisotopic (exact) mass is 1410 g/mol. The van der Waals surface area contributed by atoms with Gasteiger partial charge in [-0.1, -0.05) is 312 Å². The van der Waals surface area contributed by atoms with Crippen LogP contribution in [0.1, 0.15) is 408 Å². The fourth-order valence-electron chi connectivity index (χ4n) is 17.6. The summed E-state index contributed by atoms with van der Waals surface area (Å²) < 4.78 is 0. The number of aromatic amines is 2. The SMILES string of the molecule is CCCCCCCCc1cc2c(cc1CCCCCCCC)-c1cc3[nH]c(cc4nc(cc5[nH]c(cc-2n1)c1cc(CCCCCCCC)c(CCCCCCCC)cc51)-c1cc(CCCCCCCC)c(CCCCCCCC)cc1-4)c1cc(CCCCCCCC)c(CCCCCCCC)cc31. The molecule has 7 aromatic rings. The molecule has 2 aliphatic heterocycles. The number of H-pyrrole nitrogens is 2. The molecule has 2 aliphatic rings. The Morgan fingerprint density at radius 1 is 0.173 bits per heavy atom. The lowest BCUT2D eigenvalue weighted by Crippen LogP contribution is -1.98. The van der Waals surface area contributed by atoms with Crippen molar-refractivity contribution in [2.75, 3.05) is 0 Å². The minimum absolute atomic E-state index is 1.10. The molecule has 0 saturated heterocycles. The van der Waals surface area contributed by atoms with Crippen molar-refractivity contribution in [3.05, 3.63) is 117 Å². The molecule has 0 aliphatic carbocycles. The van der Waals surface area contributed by atoms with Crippen LogP contribution in [0.5, 0.6) is 0 Å². The number of hydrogen-bond donors (Lipinski definition) is 2. The van der Waals surface area contributed by atoms with Crippen molar-refractivity contribution in [2.24, 2.45) is 0 Å². The third-order valence-electron chi connectivity index (χ3n) is 24.2. The first-order chi connectivity index (χ1) is 51.3. The van der Waals surface area contributed by atoms with Gasteiger partial charge in [0, 0.05) is 65.9 Å². The summed E-state index contributed by atoms with van der Waals surface area (Å²) in [6.07, 6.45) is 72.1. The number of rotatable bonds is 56. The van der Waals surface area contributed by atoms with Gasteiger partial charge in [-0.05, 0) is 220 Å². The van der Waals surface area contributed by atoms with Crippen LogP contribution >= 0.6 is 0 Å². The maximum atomic E-state index is 6.02. The fraction of sp³-hybridized carbons (Fsp3) is 0.640. The van der Waals surface area contributed by atoms with Gasteiger partial charge in [0.1, 0.15) is 0 Å². The second-order valence-electron chi connectivity index (χ2n) is 33.1. The number of hydrogen-bond acceptors (Lipinski definition) is 2. The minimum atomic E-state index is 1.10. The molecule has 0 saturated carbocycles. The van der Waals surface area contributed by atoms with Gasteiger partial charge in [0.25, 0.3) is 0 Å². The summed E-state index contributed by atoms with van der Waals surface area (Å²) in [6, 6.07) is 31.3. The molecule has 570 valence electrons. The van der Waals surface area contributed by atoms with E-state index in [2.05, 4.69) is 138 Å². The molecule has 0 fully saturated rings. The number of benzene rings is 4. The topological polar surface area (TPSA) is 57.4 Å². The van der Waals surface area contributed by atoms with Crippen molar-refractivity contribution in [3.8, 4) is 45.0 Å². The Morgan fingerprint density at radius 2 is 0.317 bits per heavy atom. The molecule has 8 bridgehead atoms. The van der Waals surface area contributed by atoms with Crippen LogP contribution in [0.2, 0.25) is 0 Å². The van der Waals surface area contributed by atoms with Gasteiger partial charge in [-0.3, -0.25) is 0 Å². The predicted molar refractivity (Wildman–Crippen MR) is 462 cm³/mol. The van der Waals surface area contributed by atoms with Gasteiger partial charge in [0.2, 0.25) is 0 Å². The first kappa shape index (κ1) is 82.6. The third kappa shape index (κ3) is 25.3. The van der Waals surface area contributed by atoms with E-state index in [0.29, 0.717) is 0 Å². The van der Waals surface area contributed by atoms with Gasteiger partial charge in [-0.2, -0.15) is 0 Å². The summed E-state index contributed by atoms with van der Waals surface area (Å²) >= 11 is 0. The van der Waals surface area contributed by atoms with E-state index in [0.717, 1.165) is 74.1 Å². The average molecular weight is 1410 g/mol. The minimum Gasteiger partial charge on any atom is -0.354 e. The van der Waals surface area contributed by atoms with Crippen LogP contribution in [0.15, 0.2) is 72.8 Å². The second kappa shape index (κ2) is 47.3.